The Morgan fingerprint density at radius 2 is 1.00 bits per heavy atom. The first-order valence-electron chi connectivity index (χ1n) is 0. The van der Waals surface area contributed by atoms with Gasteiger partial charge in [-0.2, -0.15) is 0 Å². The van der Waals surface area contributed by atoms with Crippen LogP contribution in [0, 0.1) is 0 Å². The van der Waals surface area contributed by atoms with E-state index < -0.39 is 0 Å². The monoisotopic (exact) mass is 1150 g/mol. The molecule has 3 radical (unpaired) electrons. The van der Waals surface area contributed by atoms with Crippen molar-refractivity contribution >= 4 is 0 Å². The van der Waals surface area contributed by atoms with E-state index in [0.717, 1.165) is 0 Å². The molecule has 0 fully saturated rings. The molecule has 0 aromatic carbocycles. The van der Waals surface area contributed by atoms with Gasteiger partial charge in [-0.1, -0.05) is 0 Å². The van der Waals surface area contributed by atoms with Crippen LogP contribution in [0.3, 0.4) is 0 Å². The molecular formula is AuIrOsPtReW. The Kier molecular flexibility index (Phi) is 298. The molecule has 0 aliphatic rings. The van der Waals surface area contributed by atoms with Crippen LogP contribution in [0.2, 0.25) is 0 Å². The summed E-state index contributed by atoms with van der Waals surface area (Å²) < 4.78 is 0. The first kappa shape index (κ1) is 50.1. The van der Waals surface area contributed by atoms with Crippen molar-refractivity contribution in [3.8, 4) is 0 Å². The van der Waals surface area contributed by atoms with Crippen LogP contribution in [0.15, 0.2) is 0 Å². The van der Waals surface area contributed by atoms with Crippen LogP contribution in [0.1, 0.15) is 0 Å². The molecule has 6 heteroatoms. The summed E-state index contributed by atoms with van der Waals surface area (Å²) in [6, 6.07) is 0. The molecule has 0 amide bonds. The average Bonchev–Trinajstić information content (AvgIpc) is 0. The third kappa shape index (κ3) is 24.4. The van der Waals surface area contributed by atoms with Gasteiger partial charge in [-0.25, -0.2) is 0 Å². The van der Waals surface area contributed by atoms with Crippen molar-refractivity contribution in [2.45, 2.75) is 0 Å². The van der Waals surface area contributed by atoms with Crippen LogP contribution in [-0.2, 0) is 125 Å². The van der Waals surface area contributed by atoms with Gasteiger partial charge in [0.1, 0.15) is 0 Å². The summed E-state index contributed by atoms with van der Waals surface area (Å²) in [6.45, 7) is 0. The van der Waals surface area contributed by atoms with Gasteiger partial charge in [0.2, 0.25) is 0 Å². The Labute approximate surface area is 122 Å². The maximum atomic E-state index is 0. The largest absolute Gasteiger partial charge is 0 e. The summed E-state index contributed by atoms with van der Waals surface area (Å²) in [6.07, 6.45) is 0. The van der Waals surface area contributed by atoms with E-state index in [1.165, 1.54) is 0 Å². The van der Waals surface area contributed by atoms with Crippen molar-refractivity contribution in [3.05, 3.63) is 0 Å². The summed E-state index contributed by atoms with van der Waals surface area (Å²) in [7, 11) is 0. The molecule has 0 atom stereocenters. The Bertz CT molecular complexity index is 15.5. The molecular weight excluding hydrogens is 1140 g/mol. The van der Waals surface area contributed by atoms with Gasteiger partial charge in [-0.3, -0.25) is 0 Å². The van der Waals surface area contributed by atoms with Crippen molar-refractivity contribution < 1.29 is 125 Å². The molecule has 0 N–H and O–H groups in total. The van der Waals surface area contributed by atoms with Crippen LogP contribution >= 0.6 is 0 Å². The zero-order valence-corrected chi connectivity index (χ0v) is 17.1. The zero-order chi connectivity index (χ0) is 0. The van der Waals surface area contributed by atoms with Crippen molar-refractivity contribution in [1.82, 2.24) is 0 Å². The van der Waals surface area contributed by atoms with Gasteiger partial charge < -0.3 is 0 Å². The Balaban J connectivity index is 0. The molecule has 51 valence electrons. The second-order valence-corrected chi connectivity index (χ2v) is 0. The number of rotatable bonds is 0. The molecule has 0 aromatic heterocycles. The second kappa shape index (κ2) is 35.7. The Hall–Kier alpha value is 4.06. The van der Waals surface area contributed by atoms with Crippen molar-refractivity contribution in [1.29, 1.82) is 0 Å². The fourth-order valence-corrected chi connectivity index (χ4v) is 0. The van der Waals surface area contributed by atoms with Crippen molar-refractivity contribution in [2.24, 2.45) is 0 Å². The Morgan fingerprint density at radius 1 is 1.00 bits per heavy atom. The molecule has 0 rings (SSSR count). The van der Waals surface area contributed by atoms with E-state index in [4.69, 9.17) is 0 Å². The predicted molar refractivity (Wildman–Crippen MR) is 0 cm³/mol. The van der Waals surface area contributed by atoms with Gasteiger partial charge >= 0.3 is 0 Å². The van der Waals surface area contributed by atoms with E-state index in [9.17, 15) is 0 Å². The van der Waals surface area contributed by atoms with E-state index in [0.29, 0.717) is 0 Å². The van der Waals surface area contributed by atoms with Gasteiger partial charge in [0.25, 0.3) is 0 Å². The first-order valence-corrected chi connectivity index (χ1v) is 0. The number of hydrogen-bond donors (Lipinski definition) is 0. The maximum absolute atomic E-state index is 0. The molecule has 6 heavy (non-hydrogen) atoms. The second-order valence-electron chi connectivity index (χ2n) is 0. The molecule has 0 saturated heterocycles. The zero-order valence-electron chi connectivity index (χ0n) is 2.09. The fraction of sp³-hybridized carbons (Fsp3) is 0. The molecule has 0 bridgehead atoms. The first-order chi connectivity index (χ1) is 0. The van der Waals surface area contributed by atoms with Gasteiger partial charge in [0, 0.05) is 125 Å². The van der Waals surface area contributed by atoms with E-state index >= 15 is 0 Å². The van der Waals surface area contributed by atoms with E-state index in [1.54, 1.807) is 0 Å². The van der Waals surface area contributed by atoms with Crippen LogP contribution in [-0.4, -0.2) is 0 Å². The summed E-state index contributed by atoms with van der Waals surface area (Å²) in [5.41, 5.74) is 0. The molecule has 0 aliphatic carbocycles. The topological polar surface area (TPSA) is 0 Å². The minimum atomic E-state index is 0. The van der Waals surface area contributed by atoms with Crippen LogP contribution < -0.4 is 0 Å². The molecule has 0 saturated carbocycles. The summed E-state index contributed by atoms with van der Waals surface area (Å²) in [5.74, 6) is 0. The third-order valence-electron chi connectivity index (χ3n) is 0. The van der Waals surface area contributed by atoms with Gasteiger partial charge in [0.05, 0.1) is 0 Å². The molecule has 0 nitrogen and oxygen atoms in total. The molecule has 0 aromatic rings. The van der Waals surface area contributed by atoms with Crippen LogP contribution in [0.4, 0.5) is 0 Å². The molecule has 0 aliphatic heterocycles. The van der Waals surface area contributed by atoms with Crippen LogP contribution in [0.5, 0.6) is 0 Å². The van der Waals surface area contributed by atoms with Gasteiger partial charge in [0.15, 0.2) is 0 Å². The van der Waals surface area contributed by atoms with Crippen molar-refractivity contribution in [2.75, 3.05) is 0 Å². The van der Waals surface area contributed by atoms with E-state index in [-0.39, 0.29) is 125 Å². The molecule has 0 spiro atoms. The van der Waals surface area contributed by atoms with Crippen molar-refractivity contribution in [3.63, 3.8) is 0 Å². The minimum absolute atomic E-state index is 0. The quantitative estimate of drug-likeness (QED) is 0.300. The number of hydrogen-bond acceptors (Lipinski definition) is 0. The third-order valence-corrected chi connectivity index (χ3v) is 0. The normalized spacial score (nSPS) is 0. The minimum Gasteiger partial charge on any atom is 0 e. The van der Waals surface area contributed by atoms with E-state index in [2.05, 4.69) is 0 Å². The predicted octanol–water partition coefficient (Wildman–Crippen LogP) is -0.0150. The standard InChI is InChI=1S/Au.Ir.Os.Pt.Re.W. The summed E-state index contributed by atoms with van der Waals surface area (Å²) in [4.78, 5) is 0. The summed E-state index contributed by atoms with van der Waals surface area (Å²) in [5, 5.41) is 0. The maximum Gasteiger partial charge on any atom is 0 e. The Morgan fingerprint density at radius 3 is 1.00 bits per heavy atom. The average molecular weight is 1140 g/mol. The summed E-state index contributed by atoms with van der Waals surface area (Å²) >= 11 is 0. The molecule has 0 unspecified atom stereocenters. The molecule has 0 heterocycles. The smallest absolute Gasteiger partial charge is 0 e. The fourth-order valence-electron chi connectivity index (χ4n) is 0. The van der Waals surface area contributed by atoms with Crippen LogP contribution in [0.25, 0.3) is 0 Å². The SMILES string of the molecule is [Au].[Ir].[Os].[Pt].[Re].[W]. The van der Waals surface area contributed by atoms with Gasteiger partial charge in [-0.05, 0) is 0 Å². The van der Waals surface area contributed by atoms with E-state index in [1.807, 2.05) is 0 Å². The van der Waals surface area contributed by atoms with Gasteiger partial charge in [-0.15, -0.1) is 0 Å².